The fraction of sp³-hybridized carbons (Fsp3) is 0.585. The molecule has 15 atom stereocenters. The second-order valence-corrected chi connectivity index (χ2v) is 36.6. The van der Waals surface area contributed by atoms with Gasteiger partial charge in [-0.25, -0.2) is 0 Å². The summed E-state index contributed by atoms with van der Waals surface area (Å²) < 4.78 is 6.85. The molecule has 0 aliphatic carbocycles. The van der Waals surface area contributed by atoms with Crippen LogP contribution in [0.1, 0.15) is 187 Å². The molecule has 5 saturated heterocycles. The van der Waals surface area contributed by atoms with Crippen LogP contribution in [0.3, 0.4) is 0 Å². The van der Waals surface area contributed by atoms with Crippen LogP contribution in [-0.4, -0.2) is 299 Å². The third kappa shape index (κ3) is 25.5. The number of carboxylic acid groups (broad SMARTS) is 2. The molecular weight excluding hydrogens is 1730 g/mol. The van der Waals surface area contributed by atoms with Gasteiger partial charge in [0.05, 0.1) is 13.2 Å². The molecule has 0 saturated carbocycles. The average molecular weight is 1870 g/mol. The fourth-order valence-electron chi connectivity index (χ4n) is 18.9. The number of fused-ring (bicyclic) bond motifs is 4. The second-order valence-electron chi connectivity index (χ2n) is 36.6. The number of carbonyl (C=O) groups excluding carboxylic acids is 15. The first-order chi connectivity index (χ1) is 63.9. The highest BCUT2D eigenvalue weighted by Gasteiger charge is 2.72. The lowest BCUT2D eigenvalue weighted by Gasteiger charge is -2.39. The fourth-order valence-corrected chi connectivity index (χ4v) is 18.9. The number of nitrogens with zero attached hydrogens (tertiary/aromatic N) is 7. The Bertz CT molecular complexity index is 5100. The number of aliphatic hydroxyl groups excluding tert-OH is 1. The number of primary amides is 1. The van der Waals surface area contributed by atoms with Crippen LogP contribution in [0.25, 0.3) is 21.8 Å². The van der Waals surface area contributed by atoms with Crippen LogP contribution in [0.4, 0.5) is 0 Å². The Morgan fingerprint density at radius 2 is 1.13 bits per heavy atom. The Morgan fingerprint density at radius 3 is 1.78 bits per heavy atom. The molecule has 134 heavy (non-hydrogen) atoms. The summed E-state index contributed by atoms with van der Waals surface area (Å²) in [4.78, 5) is 262. The number of aromatic amines is 1. The largest absolute Gasteiger partial charge is 0.497 e. The van der Waals surface area contributed by atoms with Gasteiger partial charge < -0.3 is 114 Å². The van der Waals surface area contributed by atoms with E-state index in [0.29, 0.717) is 82.8 Å². The number of unbranched alkanes of at least 4 members (excludes halogenated alkanes) is 2. The third-order valence-corrected chi connectivity index (χ3v) is 25.9. The molecule has 730 valence electrons. The molecule has 0 bridgehead atoms. The van der Waals surface area contributed by atoms with Gasteiger partial charge >= 0.3 is 11.9 Å². The maximum absolute atomic E-state index is 15.9. The normalized spacial score (nSPS) is 26.3. The van der Waals surface area contributed by atoms with Crippen molar-refractivity contribution in [3.05, 3.63) is 102 Å². The van der Waals surface area contributed by atoms with E-state index in [9.17, 15) is 53.7 Å². The summed E-state index contributed by atoms with van der Waals surface area (Å²) in [6, 6.07) is 1.15. The highest BCUT2D eigenvalue weighted by molar-refractivity contribution is 6.09. The summed E-state index contributed by atoms with van der Waals surface area (Å²) in [5.41, 5.74) is 19.2. The number of hydrogen-bond donors (Lipinski definition) is 15. The van der Waals surface area contributed by atoms with Gasteiger partial charge in [0.2, 0.25) is 82.7 Å². The van der Waals surface area contributed by atoms with Crippen molar-refractivity contribution in [2.45, 2.75) is 286 Å². The molecule has 10 rings (SSSR count). The van der Waals surface area contributed by atoms with Gasteiger partial charge in [0.1, 0.15) is 90.8 Å². The number of carbonyl (C=O) groups is 17. The van der Waals surface area contributed by atoms with E-state index in [4.69, 9.17) is 21.9 Å². The van der Waals surface area contributed by atoms with E-state index in [2.05, 4.69) is 47.5 Å². The van der Waals surface area contributed by atoms with Crippen molar-refractivity contribution in [3.63, 3.8) is 0 Å². The number of rotatable bonds is 26. The van der Waals surface area contributed by atoms with Crippen molar-refractivity contribution in [1.29, 1.82) is 0 Å². The quantitative estimate of drug-likeness (QED) is 0.0343. The molecule has 2 aromatic heterocycles. The number of aromatic nitrogens is 2. The van der Waals surface area contributed by atoms with Gasteiger partial charge in [0.15, 0.2) is 5.66 Å². The number of nitrogens with two attached hydrogens (primary N) is 3. The van der Waals surface area contributed by atoms with Crippen molar-refractivity contribution in [2.75, 3.05) is 53.9 Å². The number of hydrogen-bond acceptors (Lipinski definition) is 21. The minimum atomic E-state index is -1.85. The maximum Gasteiger partial charge on any atom is 0.323 e. The van der Waals surface area contributed by atoms with E-state index in [1.54, 1.807) is 107 Å². The van der Waals surface area contributed by atoms with Crippen LogP contribution < -0.4 is 64.5 Å². The van der Waals surface area contributed by atoms with Crippen LogP contribution in [0, 0.1) is 11.8 Å². The van der Waals surface area contributed by atoms with Crippen LogP contribution in [0.15, 0.2) is 85.2 Å². The zero-order valence-electron chi connectivity index (χ0n) is 77.9. The lowest BCUT2D eigenvalue weighted by atomic mass is 9.97. The summed E-state index contributed by atoms with van der Waals surface area (Å²) in [7, 11) is 4.21. The van der Waals surface area contributed by atoms with Crippen LogP contribution in [0.5, 0.6) is 5.75 Å². The van der Waals surface area contributed by atoms with Crippen molar-refractivity contribution < 1.29 is 102 Å². The van der Waals surface area contributed by atoms with E-state index in [1.807, 2.05) is 13.8 Å². The van der Waals surface area contributed by atoms with E-state index in [-0.39, 0.29) is 128 Å². The first kappa shape index (κ1) is 104. The number of amides is 15. The van der Waals surface area contributed by atoms with E-state index in [1.165, 1.54) is 46.7 Å². The Balaban J connectivity index is 1.03. The monoisotopic (exact) mass is 1860 g/mol. The minimum absolute atomic E-state index is 0.00611. The van der Waals surface area contributed by atoms with E-state index < -0.39 is 223 Å². The Hall–Kier alpha value is -12.6. The standard InChI is InChI=1S/C94H133N19O21/c1-10-12-26-72-85(125)102-65(42-53(3)4)82(122)100-63(80(97)120)25-20-30-77(115)99-68(44-55-31-33-59(134-9)34-32-55)90(130)112-41-19-18-38-94(112)93(133)113(94)75(35-36-78(116)117)92(132)110-40-21-29-73(110)86(126)106-70(48-96)84(124)104-67(43-54(5)6)89(129)111-51-58(114)47-76(111)87(127)103-66(45-56-49-98-62-24-16-14-22-60(56)62)83(123)101-64(37-39-95)81(121)105-69(88(128)108(8)74(27-13-11-2)91(131)107(72)7)46-57-50-109(52-79(118)119)71-28-17-15-23-61(57)71/h14-17,22-24,28,31-34,49-50,53-54,58,63-70,72-76,98,114H,10-13,18-21,25-27,29-30,35-48,51-52,95-96H2,1-9H3,(H2,97,120)(H,99,115)(H,100,122)(H,101,123)(H,102,125)(H,103,127)(H,104,124)(H,105,121)(H,106,126)(H,116,117)(H,118,119)/t58-,63+,64+,65+,66+,67+,68+,69+,70+,72+,73+,74+,75+,76+,94-,113?/m1/s1. The predicted molar refractivity (Wildman–Crippen MR) is 491 cm³/mol. The molecule has 5 aromatic rings. The Kier molecular flexibility index (Phi) is 36.6. The number of ether oxygens (including phenoxy) is 1. The molecule has 15 amide bonds. The third-order valence-electron chi connectivity index (χ3n) is 25.9. The molecule has 5 aliphatic rings. The predicted octanol–water partition coefficient (Wildman–Crippen LogP) is 0.963. The number of methoxy groups -OCH3 is 1. The molecular formula is C94H133N19O21. The molecule has 7 heterocycles. The molecule has 0 unspecified atom stereocenters. The molecule has 5 aliphatic heterocycles. The molecule has 40 heteroatoms. The van der Waals surface area contributed by atoms with E-state index >= 15 is 43.2 Å². The van der Waals surface area contributed by atoms with E-state index in [0.717, 1.165) is 14.7 Å². The van der Waals surface area contributed by atoms with Crippen molar-refractivity contribution in [2.24, 2.45) is 29.0 Å². The van der Waals surface area contributed by atoms with Gasteiger partial charge in [-0.1, -0.05) is 116 Å². The molecule has 18 N–H and O–H groups in total. The summed E-state index contributed by atoms with van der Waals surface area (Å²) >= 11 is 0. The number of benzene rings is 3. The molecule has 40 nitrogen and oxygen atoms in total. The summed E-state index contributed by atoms with van der Waals surface area (Å²) in [6.07, 6.45) is 1.09. The van der Waals surface area contributed by atoms with Crippen molar-refractivity contribution >= 4 is 122 Å². The number of piperidine rings is 1. The number of para-hydroxylation sites is 2. The lowest BCUT2D eigenvalue weighted by Crippen LogP contribution is -2.61. The second kappa shape index (κ2) is 47.4. The minimum Gasteiger partial charge on any atom is -0.497 e. The molecule has 5 fully saturated rings. The zero-order valence-corrected chi connectivity index (χ0v) is 77.9. The van der Waals surface area contributed by atoms with Gasteiger partial charge in [-0.2, -0.15) is 0 Å². The van der Waals surface area contributed by atoms with Crippen LogP contribution in [0.2, 0.25) is 0 Å². The van der Waals surface area contributed by atoms with Crippen molar-refractivity contribution in [3.8, 4) is 5.75 Å². The lowest BCUT2D eigenvalue weighted by molar-refractivity contribution is -0.149. The number of aliphatic hydroxyl groups is 1. The summed E-state index contributed by atoms with van der Waals surface area (Å²) in [6.45, 7) is 8.86. The zero-order chi connectivity index (χ0) is 97.7. The highest BCUT2D eigenvalue weighted by atomic mass is 16.5. The summed E-state index contributed by atoms with van der Waals surface area (Å²) in [5, 5.41) is 55.0. The smallest absolute Gasteiger partial charge is 0.323 e. The number of aliphatic carboxylic acids is 2. The maximum atomic E-state index is 15.9. The number of likely N-dealkylation sites (N-methyl/N-ethyl adjacent to an activating group) is 2. The van der Waals surface area contributed by atoms with Gasteiger partial charge in [-0.3, -0.25) is 86.4 Å². The van der Waals surface area contributed by atoms with Gasteiger partial charge in [0.25, 0.3) is 5.91 Å². The molecule has 3 aromatic carbocycles. The van der Waals surface area contributed by atoms with Crippen LogP contribution >= 0.6 is 0 Å². The first-order valence-electron chi connectivity index (χ1n) is 46.7. The van der Waals surface area contributed by atoms with Gasteiger partial charge in [-0.05, 0) is 143 Å². The molecule has 1 spiro atoms. The summed E-state index contributed by atoms with van der Waals surface area (Å²) in [5.74, 6) is -15.5. The first-order valence-corrected chi connectivity index (χ1v) is 46.7. The Morgan fingerprint density at radius 1 is 0.537 bits per heavy atom. The number of carboxylic acids is 2. The topological polar surface area (TPSA) is 574 Å². The van der Waals surface area contributed by atoms with Crippen LogP contribution in [-0.2, 0) is 107 Å². The average Bonchev–Trinajstić information content (AvgIpc) is 1.52. The number of nitrogens with one attached hydrogen (secondary N) is 9. The SMILES string of the molecule is CCCC[C@H]1C(=O)N(C)[C@@H](CCCC)C(=O)N[C@@H](CC(C)C)C(=O)N[C@H](C(N)=O)CCCC(=O)N[C@@H](Cc2ccc(OC)cc2)C(=O)N2CCCC[C@@]23C(=O)N3[C@@H](CCC(=O)O)C(=O)N2CCC[C@H]2C(=O)N[C@@H](CN)C(=O)N[C@@H](CC(C)C)C(=O)N2C[C@H](O)C[C@H]2C(=O)N[C@@H](Cc2c[nH]c3ccccc23)C(=O)N[C@@H](CCN)C(=O)N[C@@H](Cc2cn(CC(=O)O)c3ccccc23)C(=O)N1C. The Labute approximate surface area is 778 Å². The number of H-pyrrole nitrogens is 1. The van der Waals surface area contributed by atoms with Crippen molar-refractivity contribution in [1.82, 2.24) is 81.5 Å². The van der Waals surface area contributed by atoms with Gasteiger partial charge in [0, 0.05) is 113 Å². The molecule has 0 radical (unpaired) electrons. The van der Waals surface area contributed by atoms with Gasteiger partial charge in [-0.15, -0.1) is 0 Å². The highest BCUT2D eigenvalue weighted by Crippen LogP contribution is 2.49.